The van der Waals surface area contributed by atoms with E-state index in [-0.39, 0.29) is 0 Å². The van der Waals surface area contributed by atoms with E-state index in [4.69, 9.17) is 9.97 Å². The molecule has 12 aromatic rings. The molecule has 2 nitrogen and oxygen atoms in total. The molecule has 0 saturated carbocycles. The van der Waals surface area contributed by atoms with Gasteiger partial charge >= 0.3 is 0 Å². The van der Waals surface area contributed by atoms with Crippen LogP contribution in [0.15, 0.2) is 279 Å². The first kappa shape index (κ1) is 41.9. The van der Waals surface area contributed by atoms with Gasteiger partial charge in [0.2, 0.25) is 0 Å². The molecule has 11 aromatic carbocycles. The van der Waals surface area contributed by atoms with Gasteiger partial charge in [0.05, 0.1) is 16.8 Å². The van der Waals surface area contributed by atoms with Crippen molar-refractivity contribution in [1.82, 2.24) is 9.97 Å². The molecule has 0 atom stereocenters. The summed E-state index contributed by atoms with van der Waals surface area (Å²) >= 11 is 0. The van der Waals surface area contributed by atoms with Gasteiger partial charge in [-0.2, -0.15) is 0 Å². The molecule has 1 aliphatic carbocycles. The summed E-state index contributed by atoms with van der Waals surface area (Å²) in [5.74, 6) is 0.680. The Balaban J connectivity index is 0.981. The van der Waals surface area contributed by atoms with Crippen molar-refractivity contribution in [1.29, 1.82) is 0 Å². The van der Waals surface area contributed by atoms with Crippen molar-refractivity contribution >= 4 is 10.8 Å². The molecule has 2 heteroatoms. The van der Waals surface area contributed by atoms with Crippen molar-refractivity contribution in [2.75, 3.05) is 0 Å². The van der Waals surface area contributed by atoms with Crippen molar-refractivity contribution in [3.05, 3.63) is 301 Å². The lowest BCUT2D eigenvalue weighted by molar-refractivity contribution is 0.769. The van der Waals surface area contributed by atoms with Crippen LogP contribution in [0.2, 0.25) is 0 Å². The van der Waals surface area contributed by atoms with Gasteiger partial charge < -0.3 is 0 Å². The fourth-order valence-electron chi connectivity index (χ4n) is 11.0. The number of benzene rings is 11. The van der Waals surface area contributed by atoms with Gasteiger partial charge in [-0.1, -0.05) is 237 Å². The second-order valence-corrected chi connectivity index (χ2v) is 18.5. The summed E-state index contributed by atoms with van der Waals surface area (Å²) in [7, 11) is 0. The smallest absolute Gasteiger partial charge is 0.160 e. The fraction of sp³-hybridized carbons (Fsp3) is 0.0145. The molecule has 332 valence electrons. The monoisotopic (exact) mass is 902 g/mol. The number of hydrogen-bond donors (Lipinski definition) is 0. The Hall–Kier alpha value is -9.24. The van der Waals surface area contributed by atoms with E-state index in [9.17, 15) is 0 Å². The SMILES string of the molecule is c1ccc(-c2cccc(-c3cc(-c4ccccc4)nc(-c4cccc(-c5cccc(-c6cc7c(cc6-c6ccc8ccccc8c6)-c6ccccc6C7(c6ccccc6)c6ccccc6)c5)c4)n3)c2)cc1. The second-order valence-electron chi connectivity index (χ2n) is 18.5. The Kier molecular flexibility index (Phi) is 10.4. The second kappa shape index (κ2) is 17.7. The molecular weight excluding hydrogens is 857 g/mol. The van der Waals surface area contributed by atoms with E-state index in [1.54, 1.807) is 0 Å². The average Bonchev–Trinajstić information content (AvgIpc) is 3.76. The van der Waals surface area contributed by atoms with Crippen LogP contribution in [0.25, 0.3) is 100 Å². The summed E-state index contributed by atoms with van der Waals surface area (Å²) in [4.78, 5) is 10.6. The fourth-order valence-corrected chi connectivity index (χ4v) is 11.0. The van der Waals surface area contributed by atoms with Crippen LogP contribution >= 0.6 is 0 Å². The number of hydrogen-bond acceptors (Lipinski definition) is 2. The average molecular weight is 903 g/mol. The molecule has 13 rings (SSSR count). The third-order valence-electron chi connectivity index (χ3n) is 14.3. The number of nitrogens with zero attached hydrogens (tertiary/aromatic N) is 2. The Bertz CT molecular complexity index is 3880. The van der Waals surface area contributed by atoms with Crippen LogP contribution in [0.5, 0.6) is 0 Å². The Labute approximate surface area is 414 Å². The van der Waals surface area contributed by atoms with Crippen LogP contribution in [0.3, 0.4) is 0 Å². The lowest BCUT2D eigenvalue weighted by Crippen LogP contribution is -2.28. The van der Waals surface area contributed by atoms with Crippen LogP contribution < -0.4 is 0 Å². The van der Waals surface area contributed by atoms with Gasteiger partial charge in [-0.25, -0.2) is 9.97 Å². The molecule has 0 N–H and O–H groups in total. The maximum atomic E-state index is 5.30. The Morgan fingerprint density at radius 2 is 0.690 bits per heavy atom. The van der Waals surface area contributed by atoms with Gasteiger partial charge in [0, 0.05) is 16.7 Å². The molecule has 1 heterocycles. The normalized spacial score (nSPS) is 12.3. The topological polar surface area (TPSA) is 25.8 Å². The van der Waals surface area contributed by atoms with Crippen LogP contribution in [0.1, 0.15) is 22.3 Å². The summed E-state index contributed by atoms with van der Waals surface area (Å²) in [6.07, 6.45) is 0. The quantitative estimate of drug-likeness (QED) is 0.144. The predicted molar refractivity (Wildman–Crippen MR) is 295 cm³/mol. The lowest BCUT2D eigenvalue weighted by atomic mass is 9.67. The number of aromatic nitrogens is 2. The lowest BCUT2D eigenvalue weighted by Gasteiger charge is -2.34. The molecule has 1 aromatic heterocycles. The maximum Gasteiger partial charge on any atom is 0.160 e. The zero-order valence-electron chi connectivity index (χ0n) is 39.0. The zero-order valence-corrected chi connectivity index (χ0v) is 39.0. The van der Waals surface area contributed by atoms with Crippen LogP contribution in [-0.2, 0) is 5.41 Å². The summed E-state index contributed by atoms with van der Waals surface area (Å²) in [6, 6.07) is 101. The van der Waals surface area contributed by atoms with Crippen molar-refractivity contribution in [2.24, 2.45) is 0 Å². The number of rotatable bonds is 9. The van der Waals surface area contributed by atoms with E-state index in [0.29, 0.717) is 5.82 Å². The molecular formula is C69H46N2. The van der Waals surface area contributed by atoms with Crippen LogP contribution in [-0.4, -0.2) is 9.97 Å². The molecule has 1 aliphatic rings. The minimum atomic E-state index is -0.535. The minimum Gasteiger partial charge on any atom is -0.228 e. The summed E-state index contributed by atoms with van der Waals surface area (Å²) in [6.45, 7) is 0. The minimum absolute atomic E-state index is 0.535. The highest BCUT2D eigenvalue weighted by molar-refractivity contribution is 5.98. The van der Waals surface area contributed by atoms with Crippen molar-refractivity contribution < 1.29 is 0 Å². The van der Waals surface area contributed by atoms with Gasteiger partial charge in [0.25, 0.3) is 0 Å². The molecule has 0 radical (unpaired) electrons. The van der Waals surface area contributed by atoms with Crippen LogP contribution in [0, 0.1) is 0 Å². The highest BCUT2D eigenvalue weighted by Gasteiger charge is 2.46. The van der Waals surface area contributed by atoms with Gasteiger partial charge in [-0.05, 0) is 131 Å². The molecule has 0 saturated heterocycles. The Morgan fingerprint density at radius 1 is 0.225 bits per heavy atom. The molecule has 0 bridgehead atoms. The van der Waals surface area contributed by atoms with E-state index in [0.717, 1.165) is 50.3 Å². The highest BCUT2D eigenvalue weighted by Crippen LogP contribution is 2.58. The van der Waals surface area contributed by atoms with E-state index < -0.39 is 5.41 Å². The first-order valence-corrected chi connectivity index (χ1v) is 24.4. The number of fused-ring (bicyclic) bond motifs is 4. The summed E-state index contributed by atoms with van der Waals surface area (Å²) in [5, 5.41) is 2.44. The Morgan fingerprint density at radius 3 is 1.38 bits per heavy atom. The van der Waals surface area contributed by atoms with Gasteiger partial charge in [0.1, 0.15) is 0 Å². The highest BCUT2D eigenvalue weighted by atomic mass is 14.9. The van der Waals surface area contributed by atoms with Crippen molar-refractivity contribution in [3.63, 3.8) is 0 Å². The van der Waals surface area contributed by atoms with Gasteiger partial charge in [-0.3, -0.25) is 0 Å². The van der Waals surface area contributed by atoms with E-state index in [1.807, 2.05) is 6.07 Å². The molecule has 0 amide bonds. The van der Waals surface area contributed by atoms with Gasteiger partial charge in [0.15, 0.2) is 5.82 Å². The maximum absolute atomic E-state index is 5.30. The zero-order chi connectivity index (χ0) is 47.1. The van der Waals surface area contributed by atoms with E-state index in [2.05, 4.69) is 273 Å². The molecule has 0 aliphatic heterocycles. The largest absolute Gasteiger partial charge is 0.228 e. The summed E-state index contributed by atoms with van der Waals surface area (Å²) in [5.41, 5.74) is 21.1. The van der Waals surface area contributed by atoms with Crippen molar-refractivity contribution in [3.8, 4) is 89.5 Å². The van der Waals surface area contributed by atoms with Crippen LogP contribution in [0.4, 0.5) is 0 Å². The molecule has 0 unspecified atom stereocenters. The van der Waals surface area contributed by atoms with E-state index in [1.165, 1.54) is 66.4 Å². The van der Waals surface area contributed by atoms with E-state index >= 15 is 0 Å². The summed E-state index contributed by atoms with van der Waals surface area (Å²) < 4.78 is 0. The third-order valence-corrected chi connectivity index (χ3v) is 14.3. The third kappa shape index (κ3) is 7.45. The standard InChI is InChI=1S/C69H46N2/c1-5-20-47(21-6-1)51-26-18-30-56(42-51)67-46-66(49-23-7-2-8-24-49)70-68(71-67)57-31-19-28-53(43-57)52-27-17-29-54(41-52)62-45-65-63(44-61(62)55-39-38-48-22-13-14-25-50(48)40-55)60-36-15-16-37-64(60)69(65,58-32-9-3-10-33-58)59-34-11-4-12-35-59/h1-46H. The van der Waals surface area contributed by atoms with Gasteiger partial charge in [-0.15, -0.1) is 0 Å². The predicted octanol–water partition coefficient (Wildman–Crippen LogP) is 17.7. The first-order valence-electron chi connectivity index (χ1n) is 24.4. The molecule has 71 heavy (non-hydrogen) atoms. The molecule has 0 spiro atoms. The van der Waals surface area contributed by atoms with Crippen molar-refractivity contribution in [2.45, 2.75) is 5.41 Å². The first-order chi connectivity index (χ1) is 35.2. The molecule has 0 fully saturated rings.